The number of carbonyl (C=O) groups is 1. The summed E-state index contributed by atoms with van der Waals surface area (Å²) < 4.78 is 5.38. The SMILES string of the molecule is CCOc1ccc(NC(=O)N2CC(N(CC)CC)C2)cc1. The molecule has 1 aliphatic heterocycles. The van der Waals surface area contributed by atoms with Crippen molar-refractivity contribution >= 4 is 11.7 Å². The molecular weight excluding hydrogens is 266 g/mol. The fourth-order valence-corrected chi connectivity index (χ4v) is 2.60. The van der Waals surface area contributed by atoms with Crippen molar-refractivity contribution in [1.82, 2.24) is 9.80 Å². The number of ether oxygens (including phenoxy) is 1. The maximum atomic E-state index is 12.1. The third-order valence-corrected chi connectivity index (χ3v) is 3.89. The number of carbonyl (C=O) groups excluding carboxylic acids is 1. The van der Waals surface area contributed by atoms with E-state index in [4.69, 9.17) is 4.74 Å². The van der Waals surface area contributed by atoms with Crippen molar-refractivity contribution in [3.05, 3.63) is 24.3 Å². The van der Waals surface area contributed by atoms with Gasteiger partial charge in [-0.3, -0.25) is 4.90 Å². The molecule has 5 heteroatoms. The van der Waals surface area contributed by atoms with Crippen LogP contribution in [-0.2, 0) is 0 Å². The van der Waals surface area contributed by atoms with E-state index in [2.05, 4.69) is 24.1 Å². The summed E-state index contributed by atoms with van der Waals surface area (Å²) in [6.07, 6.45) is 0. The van der Waals surface area contributed by atoms with Crippen molar-refractivity contribution in [3.8, 4) is 5.75 Å². The number of likely N-dealkylation sites (N-methyl/N-ethyl adjacent to an activating group) is 1. The Balaban J connectivity index is 1.80. The van der Waals surface area contributed by atoms with Crippen LogP contribution in [0.3, 0.4) is 0 Å². The normalized spacial score (nSPS) is 15.0. The molecule has 1 fully saturated rings. The first-order valence-corrected chi connectivity index (χ1v) is 7.70. The lowest BCUT2D eigenvalue weighted by molar-refractivity contribution is 0.0685. The van der Waals surface area contributed by atoms with E-state index in [0.29, 0.717) is 12.6 Å². The number of likely N-dealkylation sites (tertiary alicyclic amines) is 1. The molecule has 5 nitrogen and oxygen atoms in total. The van der Waals surface area contributed by atoms with E-state index in [0.717, 1.165) is 37.6 Å². The molecule has 0 aromatic heterocycles. The molecule has 0 radical (unpaired) electrons. The minimum atomic E-state index is -0.0254. The summed E-state index contributed by atoms with van der Waals surface area (Å²) in [5.41, 5.74) is 0.801. The molecule has 0 bridgehead atoms. The van der Waals surface area contributed by atoms with Crippen LogP contribution in [0.25, 0.3) is 0 Å². The number of nitrogens with zero attached hydrogens (tertiary/aromatic N) is 2. The van der Waals surface area contributed by atoms with Gasteiger partial charge in [0.25, 0.3) is 0 Å². The van der Waals surface area contributed by atoms with Crippen LogP contribution in [0.1, 0.15) is 20.8 Å². The first-order chi connectivity index (χ1) is 10.2. The number of urea groups is 1. The van der Waals surface area contributed by atoms with Crippen LogP contribution in [0.4, 0.5) is 10.5 Å². The number of amides is 2. The second-order valence-electron chi connectivity index (χ2n) is 5.17. The standard InChI is InChI=1S/C16H25N3O2/c1-4-18(5-2)14-11-19(12-14)16(20)17-13-7-9-15(10-8-13)21-6-3/h7-10,14H,4-6,11-12H2,1-3H3,(H,17,20). The first kappa shape index (κ1) is 15.6. The smallest absolute Gasteiger partial charge is 0.321 e. The maximum absolute atomic E-state index is 12.1. The van der Waals surface area contributed by atoms with Gasteiger partial charge in [0, 0.05) is 24.8 Å². The van der Waals surface area contributed by atoms with Crippen LogP contribution < -0.4 is 10.1 Å². The molecule has 0 aliphatic carbocycles. The minimum absolute atomic E-state index is 0.0254. The quantitative estimate of drug-likeness (QED) is 0.876. The number of hydrogen-bond acceptors (Lipinski definition) is 3. The Morgan fingerprint density at radius 2 is 1.86 bits per heavy atom. The Kier molecular flexibility index (Phi) is 5.44. The molecule has 0 unspecified atom stereocenters. The number of nitrogens with one attached hydrogen (secondary N) is 1. The van der Waals surface area contributed by atoms with E-state index in [9.17, 15) is 4.79 Å². The zero-order chi connectivity index (χ0) is 15.2. The Morgan fingerprint density at radius 1 is 1.24 bits per heavy atom. The molecule has 0 saturated carbocycles. The lowest BCUT2D eigenvalue weighted by atomic mass is 10.1. The lowest BCUT2D eigenvalue weighted by Gasteiger charge is -2.44. The summed E-state index contributed by atoms with van der Waals surface area (Å²) in [6, 6.07) is 7.95. The molecule has 2 amide bonds. The van der Waals surface area contributed by atoms with Gasteiger partial charge in [0.05, 0.1) is 6.61 Å². The number of hydrogen-bond donors (Lipinski definition) is 1. The van der Waals surface area contributed by atoms with E-state index >= 15 is 0 Å². The molecule has 1 aromatic rings. The van der Waals surface area contributed by atoms with E-state index in [1.807, 2.05) is 36.1 Å². The molecule has 1 aliphatic rings. The zero-order valence-corrected chi connectivity index (χ0v) is 13.1. The highest BCUT2D eigenvalue weighted by atomic mass is 16.5. The molecule has 0 atom stereocenters. The largest absolute Gasteiger partial charge is 0.494 e. The first-order valence-electron chi connectivity index (χ1n) is 7.70. The number of anilines is 1. The monoisotopic (exact) mass is 291 g/mol. The van der Waals surface area contributed by atoms with Crippen LogP contribution in [0, 0.1) is 0 Å². The van der Waals surface area contributed by atoms with Gasteiger partial charge in [-0.1, -0.05) is 13.8 Å². The molecule has 2 rings (SSSR count). The van der Waals surface area contributed by atoms with Crippen LogP contribution in [0.5, 0.6) is 5.75 Å². The van der Waals surface area contributed by atoms with E-state index in [-0.39, 0.29) is 6.03 Å². The molecule has 21 heavy (non-hydrogen) atoms. The van der Waals surface area contributed by atoms with Crippen molar-refractivity contribution < 1.29 is 9.53 Å². The van der Waals surface area contributed by atoms with Gasteiger partial charge in [0.15, 0.2) is 0 Å². The van der Waals surface area contributed by atoms with Crippen molar-refractivity contribution in [2.45, 2.75) is 26.8 Å². The Morgan fingerprint density at radius 3 is 2.38 bits per heavy atom. The van der Waals surface area contributed by atoms with Gasteiger partial charge in [0.2, 0.25) is 0 Å². The minimum Gasteiger partial charge on any atom is -0.494 e. The third kappa shape index (κ3) is 3.88. The summed E-state index contributed by atoms with van der Waals surface area (Å²) in [7, 11) is 0. The van der Waals surface area contributed by atoms with Gasteiger partial charge in [-0.25, -0.2) is 4.79 Å². The van der Waals surface area contributed by atoms with Gasteiger partial charge in [-0.15, -0.1) is 0 Å². The maximum Gasteiger partial charge on any atom is 0.321 e. The van der Waals surface area contributed by atoms with Gasteiger partial charge in [0.1, 0.15) is 5.75 Å². The van der Waals surface area contributed by atoms with E-state index in [1.54, 1.807) is 0 Å². The summed E-state index contributed by atoms with van der Waals surface area (Å²) in [5.74, 6) is 0.820. The predicted octanol–water partition coefficient (Wildman–Crippen LogP) is 2.64. The van der Waals surface area contributed by atoms with Gasteiger partial charge in [-0.2, -0.15) is 0 Å². The van der Waals surface area contributed by atoms with Crippen LogP contribution >= 0.6 is 0 Å². The topological polar surface area (TPSA) is 44.8 Å². The highest BCUT2D eigenvalue weighted by Gasteiger charge is 2.33. The molecule has 1 heterocycles. The second kappa shape index (κ2) is 7.31. The Labute approximate surface area is 126 Å². The average Bonchev–Trinajstić information content (AvgIpc) is 2.44. The van der Waals surface area contributed by atoms with Crippen molar-refractivity contribution in [2.75, 3.05) is 38.1 Å². The van der Waals surface area contributed by atoms with Crippen molar-refractivity contribution in [3.63, 3.8) is 0 Å². The van der Waals surface area contributed by atoms with Crippen LogP contribution in [0.15, 0.2) is 24.3 Å². The molecular formula is C16H25N3O2. The van der Waals surface area contributed by atoms with Crippen molar-refractivity contribution in [1.29, 1.82) is 0 Å². The molecule has 0 spiro atoms. The number of rotatable bonds is 6. The average molecular weight is 291 g/mol. The highest BCUT2D eigenvalue weighted by molar-refractivity contribution is 5.90. The third-order valence-electron chi connectivity index (χ3n) is 3.89. The number of benzene rings is 1. The molecule has 1 saturated heterocycles. The van der Waals surface area contributed by atoms with Crippen LogP contribution in [0.2, 0.25) is 0 Å². The second-order valence-corrected chi connectivity index (χ2v) is 5.17. The van der Waals surface area contributed by atoms with Gasteiger partial charge >= 0.3 is 6.03 Å². The fourth-order valence-electron chi connectivity index (χ4n) is 2.60. The summed E-state index contributed by atoms with van der Waals surface area (Å²) in [6.45, 7) is 10.6. The van der Waals surface area contributed by atoms with E-state index < -0.39 is 0 Å². The predicted molar refractivity (Wildman–Crippen MR) is 84.9 cm³/mol. The zero-order valence-electron chi connectivity index (χ0n) is 13.1. The highest BCUT2D eigenvalue weighted by Crippen LogP contribution is 2.19. The summed E-state index contributed by atoms with van der Waals surface area (Å²) in [5, 5.41) is 2.92. The molecule has 1 N–H and O–H groups in total. The van der Waals surface area contributed by atoms with Gasteiger partial charge in [-0.05, 0) is 44.3 Å². The van der Waals surface area contributed by atoms with Crippen molar-refractivity contribution in [2.24, 2.45) is 0 Å². The Bertz CT molecular complexity index is 451. The van der Waals surface area contributed by atoms with Gasteiger partial charge < -0.3 is 15.0 Å². The lowest BCUT2D eigenvalue weighted by Crippen LogP contribution is -2.61. The van der Waals surface area contributed by atoms with Crippen LogP contribution in [-0.4, -0.2) is 54.7 Å². The fraction of sp³-hybridized carbons (Fsp3) is 0.562. The summed E-state index contributed by atoms with van der Waals surface area (Å²) >= 11 is 0. The van der Waals surface area contributed by atoms with E-state index in [1.165, 1.54) is 0 Å². The summed E-state index contributed by atoms with van der Waals surface area (Å²) in [4.78, 5) is 16.4. The molecule has 1 aromatic carbocycles. The molecule has 116 valence electrons. The Hall–Kier alpha value is -1.75.